The molecule has 1 aliphatic heterocycles. The first-order chi connectivity index (χ1) is 10.4. The van der Waals surface area contributed by atoms with E-state index in [2.05, 4.69) is 33.7 Å². The maximum Gasteiger partial charge on any atom is 0.113 e. The normalized spacial score (nSPS) is 24.2. The number of fused-ring (bicyclic) bond motifs is 1. The molecule has 0 spiro atoms. The van der Waals surface area contributed by atoms with E-state index >= 15 is 0 Å². The summed E-state index contributed by atoms with van der Waals surface area (Å²) in [6.45, 7) is 3.80. The zero-order chi connectivity index (χ0) is 13.8. The van der Waals surface area contributed by atoms with Gasteiger partial charge in [-0.2, -0.15) is 0 Å². The van der Waals surface area contributed by atoms with Crippen molar-refractivity contribution in [2.24, 2.45) is 5.92 Å². The van der Waals surface area contributed by atoms with Gasteiger partial charge in [-0.05, 0) is 43.7 Å². The standard InChI is InChI=1S/C18H23N3/c1-2-7-17-16(6-1)19-18(14-8-9-14)21(17)15-11-20(12-15)10-13-4-3-5-13/h1-2,6-7,13-15H,3-5,8-12H2. The molecule has 3 nitrogen and oxygen atoms in total. The molecule has 1 saturated heterocycles. The highest BCUT2D eigenvalue weighted by atomic mass is 15.3. The molecule has 1 aromatic carbocycles. The molecule has 1 aromatic heterocycles. The van der Waals surface area contributed by atoms with Gasteiger partial charge in [-0.15, -0.1) is 0 Å². The number of rotatable bonds is 4. The lowest BCUT2D eigenvalue weighted by molar-refractivity contribution is 0.0698. The van der Waals surface area contributed by atoms with Crippen LogP contribution in [-0.2, 0) is 0 Å². The summed E-state index contributed by atoms with van der Waals surface area (Å²) in [6, 6.07) is 9.35. The van der Waals surface area contributed by atoms with Gasteiger partial charge >= 0.3 is 0 Å². The minimum absolute atomic E-state index is 0.660. The van der Waals surface area contributed by atoms with Crippen molar-refractivity contribution in [2.45, 2.75) is 44.1 Å². The first-order valence-corrected chi connectivity index (χ1v) is 8.58. The Balaban J connectivity index is 1.40. The second-order valence-corrected chi connectivity index (χ2v) is 7.27. The fourth-order valence-corrected chi connectivity index (χ4v) is 3.97. The molecule has 5 rings (SSSR count). The smallest absolute Gasteiger partial charge is 0.113 e. The van der Waals surface area contributed by atoms with Crippen LogP contribution in [0, 0.1) is 5.92 Å². The minimum Gasteiger partial charge on any atom is -0.322 e. The molecule has 0 bridgehead atoms. The Labute approximate surface area is 126 Å². The van der Waals surface area contributed by atoms with Crippen molar-refractivity contribution in [3.63, 3.8) is 0 Å². The third-order valence-electron chi connectivity index (χ3n) is 5.61. The molecular formula is C18H23N3. The number of para-hydroxylation sites is 2. The summed E-state index contributed by atoms with van der Waals surface area (Å²) in [5, 5.41) is 0. The Morgan fingerprint density at radius 2 is 1.86 bits per heavy atom. The summed E-state index contributed by atoms with van der Waals surface area (Å²) >= 11 is 0. The van der Waals surface area contributed by atoms with E-state index in [0.29, 0.717) is 6.04 Å². The van der Waals surface area contributed by atoms with E-state index in [4.69, 9.17) is 4.98 Å². The fourth-order valence-electron chi connectivity index (χ4n) is 3.97. The highest BCUT2D eigenvalue weighted by Crippen LogP contribution is 2.43. The predicted molar refractivity (Wildman–Crippen MR) is 84.5 cm³/mol. The van der Waals surface area contributed by atoms with Gasteiger partial charge < -0.3 is 4.57 Å². The quantitative estimate of drug-likeness (QED) is 0.854. The largest absolute Gasteiger partial charge is 0.322 e. The second-order valence-electron chi connectivity index (χ2n) is 7.27. The molecule has 2 heterocycles. The predicted octanol–water partition coefficient (Wildman–Crippen LogP) is 3.57. The maximum atomic E-state index is 4.94. The molecule has 2 saturated carbocycles. The van der Waals surface area contributed by atoms with Crippen molar-refractivity contribution in [1.29, 1.82) is 0 Å². The van der Waals surface area contributed by atoms with E-state index in [1.165, 1.54) is 68.6 Å². The van der Waals surface area contributed by atoms with E-state index in [1.807, 2.05) is 0 Å². The molecule has 0 amide bonds. The first kappa shape index (κ1) is 12.2. The van der Waals surface area contributed by atoms with Gasteiger partial charge in [0.2, 0.25) is 0 Å². The van der Waals surface area contributed by atoms with Crippen LogP contribution in [0.25, 0.3) is 11.0 Å². The summed E-state index contributed by atoms with van der Waals surface area (Å²) in [4.78, 5) is 7.59. The Kier molecular flexibility index (Phi) is 2.66. The molecule has 21 heavy (non-hydrogen) atoms. The van der Waals surface area contributed by atoms with Crippen LogP contribution in [0.4, 0.5) is 0 Å². The summed E-state index contributed by atoms with van der Waals surface area (Å²) < 4.78 is 2.57. The minimum atomic E-state index is 0.660. The Hall–Kier alpha value is -1.35. The van der Waals surface area contributed by atoms with Gasteiger partial charge in [0.1, 0.15) is 5.82 Å². The van der Waals surface area contributed by atoms with Crippen LogP contribution >= 0.6 is 0 Å². The molecule has 0 unspecified atom stereocenters. The average Bonchev–Trinajstić information content (AvgIpc) is 3.18. The van der Waals surface area contributed by atoms with Crippen molar-refractivity contribution in [2.75, 3.05) is 19.6 Å². The topological polar surface area (TPSA) is 21.1 Å². The molecule has 2 aromatic rings. The van der Waals surface area contributed by atoms with Crippen LogP contribution in [0.1, 0.15) is 49.9 Å². The summed E-state index contributed by atoms with van der Waals surface area (Å²) in [6.07, 6.45) is 7.05. The van der Waals surface area contributed by atoms with Crippen LogP contribution in [0.2, 0.25) is 0 Å². The lowest BCUT2D eigenvalue weighted by Crippen LogP contribution is -2.50. The van der Waals surface area contributed by atoms with Gasteiger partial charge in [-0.25, -0.2) is 4.98 Å². The van der Waals surface area contributed by atoms with Crippen LogP contribution < -0.4 is 0 Å². The van der Waals surface area contributed by atoms with Crippen molar-refractivity contribution < 1.29 is 0 Å². The number of nitrogens with zero attached hydrogens (tertiary/aromatic N) is 3. The highest BCUT2D eigenvalue weighted by molar-refractivity contribution is 5.76. The Bertz CT molecular complexity index is 660. The van der Waals surface area contributed by atoms with Gasteiger partial charge in [0.25, 0.3) is 0 Å². The third-order valence-corrected chi connectivity index (χ3v) is 5.61. The van der Waals surface area contributed by atoms with Crippen molar-refractivity contribution in [3.8, 4) is 0 Å². The van der Waals surface area contributed by atoms with Gasteiger partial charge in [0.15, 0.2) is 0 Å². The highest BCUT2D eigenvalue weighted by Gasteiger charge is 2.37. The van der Waals surface area contributed by atoms with Gasteiger partial charge in [0, 0.05) is 25.6 Å². The number of benzene rings is 1. The molecule has 3 aliphatic rings. The molecular weight excluding hydrogens is 258 g/mol. The molecule has 0 radical (unpaired) electrons. The van der Waals surface area contributed by atoms with Crippen molar-refractivity contribution in [1.82, 2.24) is 14.5 Å². The first-order valence-electron chi connectivity index (χ1n) is 8.58. The number of aromatic nitrogens is 2. The van der Waals surface area contributed by atoms with Crippen molar-refractivity contribution >= 4 is 11.0 Å². The molecule has 110 valence electrons. The van der Waals surface area contributed by atoms with Crippen LogP contribution in [0.3, 0.4) is 0 Å². The SMILES string of the molecule is c1ccc2c(c1)nc(C1CC1)n2C1CN(CC2CCC2)C1. The van der Waals surface area contributed by atoms with Gasteiger partial charge in [-0.3, -0.25) is 4.90 Å². The van der Waals surface area contributed by atoms with Crippen molar-refractivity contribution in [3.05, 3.63) is 30.1 Å². The number of hydrogen-bond donors (Lipinski definition) is 0. The molecule has 3 heteroatoms. The van der Waals surface area contributed by atoms with Crippen LogP contribution in [-0.4, -0.2) is 34.1 Å². The molecule has 0 N–H and O–H groups in total. The fraction of sp³-hybridized carbons (Fsp3) is 0.611. The summed E-state index contributed by atoms with van der Waals surface area (Å²) in [5.74, 6) is 3.09. The number of imidazole rings is 1. The number of likely N-dealkylation sites (tertiary alicyclic amines) is 1. The van der Waals surface area contributed by atoms with Crippen LogP contribution in [0.15, 0.2) is 24.3 Å². The van der Waals surface area contributed by atoms with Gasteiger partial charge in [-0.1, -0.05) is 18.6 Å². The van der Waals surface area contributed by atoms with Crippen LogP contribution in [0.5, 0.6) is 0 Å². The summed E-state index contributed by atoms with van der Waals surface area (Å²) in [5.41, 5.74) is 2.55. The van der Waals surface area contributed by atoms with Gasteiger partial charge in [0.05, 0.1) is 17.1 Å². The molecule has 0 atom stereocenters. The Morgan fingerprint density at radius 3 is 2.57 bits per heavy atom. The summed E-state index contributed by atoms with van der Waals surface area (Å²) in [7, 11) is 0. The average molecular weight is 281 g/mol. The van der Waals surface area contributed by atoms with E-state index in [0.717, 1.165) is 11.8 Å². The van der Waals surface area contributed by atoms with E-state index in [1.54, 1.807) is 0 Å². The van der Waals surface area contributed by atoms with E-state index in [9.17, 15) is 0 Å². The number of hydrogen-bond acceptors (Lipinski definition) is 2. The zero-order valence-electron chi connectivity index (χ0n) is 12.5. The van der Waals surface area contributed by atoms with E-state index < -0.39 is 0 Å². The monoisotopic (exact) mass is 281 g/mol. The molecule has 3 fully saturated rings. The second kappa shape index (κ2) is 4.57. The lowest BCUT2D eigenvalue weighted by atomic mass is 9.84. The molecule has 2 aliphatic carbocycles. The maximum absolute atomic E-state index is 4.94. The zero-order valence-corrected chi connectivity index (χ0v) is 12.5. The third kappa shape index (κ3) is 2.02. The Morgan fingerprint density at radius 1 is 1.05 bits per heavy atom. The van der Waals surface area contributed by atoms with E-state index in [-0.39, 0.29) is 0 Å². The lowest BCUT2D eigenvalue weighted by Gasteiger charge is -2.44.